The lowest BCUT2D eigenvalue weighted by Gasteiger charge is -2.22. The third kappa shape index (κ3) is 5.04. The molecular formula is C16H24N2O4. The number of carbonyl (C=O) groups excluding carboxylic acids is 2. The highest BCUT2D eigenvalue weighted by Gasteiger charge is 2.25. The van der Waals surface area contributed by atoms with Gasteiger partial charge in [0.05, 0.1) is 18.8 Å². The van der Waals surface area contributed by atoms with E-state index >= 15 is 0 Å². The average molecular weight is 308 g/mol. The van der Waals surface area contributed by atoms with Gasteiger partial charge in [0.25, 0.3) is 5.91 Å². The molecule has 2 atom stereocenters. The maximum atomic E-state index is 12.4. The predicted molar refractivity (Wildman–Crippen MR) is 83.8 cm³/mol. The number of hydrogen-bond donors (Lipinski definition) is 3. The van der Waals surface area contributed by atoms with Crippen molar-refractivity contribution >= 4 is 11.8 Å². The Bertz CT molecular complexity index is 515. The molecule has 0 aromatic heterocycles. The van der Waals surface area contributed by atoms with Gasteiger partial charge in [0.1, 0.15) is 11.8 Å². The van der Waals surface area contributed by atoms with E-state index in [1.54, 1.807) is 31.2 Å². The van der Waals surface area contributed by atoms with Crippen molar-refractivity contribution in [1.29, 1.82) is 0 Å². The van der Waals surface area contributed by atoms with Crippen LogP contribution in [0.25, 0.3) is 0 Å². The SMILES string of the molecule is COc1ccccc1C(=O)NC(C(=O)NCC(C)O)C(C)C. The minimum Gasteiger partial charge on any atom is -0.496 e. The summed E-state index contributed by atoms with van der Waals surface area (Å²) < 4.78 is 5.15. The van der Waals surface area contributed by atoms with Gasteiger partial charge in [-0.05, 0) is 25.0 Å². The number of amides is 2. The Balaban J connectivity index is 2.82. The molecule has 3 N–H and O–H groups in total. The molecule has 0 spiro atoms. The molecule has 1 rings (SSSR count). The van der Waals surface area contributed by atoms with E-state index in [0.717, 1.165) is 0 Å². The van der Waals surface area contributed by atoms with E-state index < -0.39 is 12.1 Å². The van der Waals surface area contributed by atoms with Crippen molar-refractivity contribution in [2.45, 2.75) is 32.9 Å². The largest absolute Gasteiger partial charge is 0.496 e. The molecule has 122 valence electrons. The van der Waals surface area contributed by atoms with Gasteiger partial charge in [0.15, 0.2) is 0 Å². The number of aliphatic hydroxyl groups excluding tert-OH is 1. The zero-order valence-electron chi connectivity index (χ0n) is 13.4. The lowest BCUT2D eigenvalue weighted by molar-refractivity contribution is -0.124. The number of nitrogens with one attached hydrogen (secondary N) is 2. The molecule has 2 unspecified atom stereocenters. The minimum absolute atomic E-state index is 0.0901. The monoisotopic (exact) mass is 308 g/mol. The van der Waals surface area contributed by atoms with Crippen LogP contribution in [0, 0.1) is 5.92 Å². The second kappa shape index (κ2) is 8.38. The number of hydrogen-bond acceptors (Lipinski definition) is 4. The summed E-state index contributed by atoms with van der Waals surface area (Å²) in [6, 6.07) is 6.14. The summed E-state index contributed by atoms with van der Waals surface area (Å²) in [7, 11) is 1.49. The summed E-state index contributed by atoms with van der Waals surface area (Å²) in [6.07, 6.45) is -0.637. The van der Waals surface area contributed by atoms with Crippen LogP contribution in [0.15, 0.2) is 24.3 Å². The molecule has 22 heavy (non-hydrogen) atoms. The number of carbonyl (C=O) groups is 2. The van der Waals surface area contributed by atoms with Crippen molar-refractivity contribution in [3.63, 3.8) is 0 Å². The molecule has 0 aliphatic rings. The minimum atomic E-state index is -0.684. The summed E-state index contributed by atoms with van der Waals surface area (Å²) in [5, 5.41) is 14.6. The molecule has 0 saturated carbocycles. The fraction of sp³-hybridized carbons (Fsp3) is 0.500. The van der Waals surface area contributed by atoms with E-state index in [1.165, 1.54) is 7.11 Å². The van der Waals surface area contributed by atoms with Crippen LogP contribution in [-0.2, 0) is 4.79 Å². The van der Waals surface area contributed by atoms with Crippen LogP contribution in [0.2, 0.25) is 0 Å². The Morgan fingerprint density at radius 2 is 1.86 bits per heavy atom. The molecule has 0 saturated heterocycles. The second-order valence-electron chi connectivity index (χ2n) is 5.49. The zero-order chi connectivity index (χ0) is 16.7. The van der Waals surface area contributed by atoms with Crippen molar-refractivity contribution in [2.75, 3.05) is 13.7 Å². The standard InChI is InChI=1S/C16H24N2O4/c1-10(2)14(16(21)17-9-11(3)19)18-15(20)12-7-5-6-8-13(12)22-4/h5-8,10-11,14,19H,9H2,1-4H3,(H,17,21)(H,18,20). The Morgan fingerprint density at radius 3 is 2.41 bits per heavy atom. The molecule has 2 amide bonds. The molecule has 0 bridgehead atoms. The number of methoxy groups -OCH3 is 1. The second-order valence-corrected chi connectivity index (χ2v) is 5.49. The van der Waals surface area contributed by atoms with E-state index in [9.17, 15) is 14.7 Å². The van der Waals surface area contributed by atoms with Crippen LogP contribution in [0.1, 0.15) is 31.1 Å². The predicted octanol–water partition coefficient (Wildman–Crippen LogP) is 0.947. The summed E-state index contributed by atoms with van der Waals surface area (Å²) in [6.45, 7) is 5.41. The Hall–Kier alpha value is -2.08. The third-order valence-electron chi connectivity index (χ3n) is 3.16. The highest BCUT2D eigenvalue weighted by Crippen LogP contribution is 2.17. The van der Waals surface area contributed by atoms with Gasteiger partial charge >= 0.3 is 0 Å². The maximum absolute atomic E-state index is 12.4. The van der Waals surface area contributed by atoms with Gasteiger partial charge in [-0.25, -0.2) is 0 Å². The van der Waals surface area contributed by atoms with Crippen molar-refractivity contribution in [3.8, 4) is 5.75 Å². The van der Waals surface area contributed by atoms with Crippen molar-refractivity contribution < 1.29 is 19.4 Å². The molecule has 0 aliphatic carbocycles. The summed E-state index contributed by atoms with van der Waals surface area (Å²) >= 11 is 0. The Labute approximate surface area is 130 Å². The number of ether oxygens (including phenoxy) is 1. The summed E-state index contributed by atoms with van der Waals surface area (Å²) in [5.74, 6) is -0.331. The van der Waals surface area contributed by atoms with Gasteiger partial charge in [0.2, 0.25) is 5.91 Å². The van der Waals surface area contributed by atoms with Crippen LogP contribution in [0.4, 0.5) is 0 Å². The lowest BCUT2D eigenvalue weighted by Crippen LogP contribution is -2.50. The molecule has 6 nitrogen and oxygen atoms in total. The maximum Gasteiger partial charge on any atom is 0.255 e. The van der Waals surface area contributed by atoms with Gasteiger partial charge < -0.3 is 20.5 Å². The molecule has 6 heteroatoms. The van der Waals surface area contributed by atoms with Crippen LogP contribution in [0.5, 0.6) is 5.75 Å². The Kier molecular flexibility index (Phi) is 6.85. The van der Waals surface area contributed by atoms with E-state index in [-0.39, 0.29) is 24.3 Å². The molecule has 1 aromatic rings. The molecular weight excluding hydrogens is 284 g/mol. The van der Waals surface area contributed by atoms with E-state index in [1.807, 2.05) is 13.8 Å². The summed E-state index contributed by atoms with van der Waals surface area (Å²) in [5.41, 5.74) is 0.374. The number of aliphatic hydroxyl groups is 1. The van der Waals surface area contributed by atoms with Crippen LogP contribution in [0.3, 0.4) is 0 Å². The van der Waals surface area contributed by atoms with E-state index in [4.69, 9.17) is 4.74 Å². The Morgan fingerprint density at radius 1 is 1.23 bits per heavy atom. The first-order chi connectivity index (χ1) is 10.4. The van der Waals surface area contributed by atoms with E-state index in [0.29, 0.717) is 11.3 Å². The van der Waals surface area contributed by atoms with Gasteiger partial charge in [-0.15, -0.1) is 0 Å². The first-order valence-corrected chi connectivity index (χ1v) is 7.26. The van der Waals surface area contributed by atoms with Crippen molar-refractivity contribution in [3.05, 3.63) is 29.8 Å². The fourth-order valence-corrected chi connectivity index (χ4v) is 1.94. The first-order valence-electron chi connectivity index (χ1n) is 7.26. The highest BCUT2D eigenvalue weighted by atomic mass is 16.5. The van der Waals surface area contributed by atoms with Crippen LogP contribution >= 0.6 is 0 Å². The van der Waals surface area contributed by atoms with Gasteiger partial charge in [-0.1, -0.05) is 26.0 Å². The third-order valence-corrected chi connectivity index (χ3v) is 3.16. The van der Waals surface area contributed by atoms with Crippen molar-refractivity contribution in [2.24, 2.45) is 5.92 Å². The van der Waals surface area contributed by atoms with Crippen LogP contribution < -0.4 is 15.4 Å². The molecule has 0 aliphatic heterocycles. The number of benzene rings is 1. The van der Waals surface area contributed by atoms with Crippen LogP contribution in [-0.4, -0.2) is 42.7 Å². The fourth-order valence-electron chi connectivity index (χ4n) is 1.94. The van der Waals surface area contributed by atoms with Crippen molar-refractivity contribution in [1.82, 2.24) is 10.6 Å². The van der Waals surface area contributed by atoms with Gasteiger partial charge in [-0.3, -0.25) is 9.59 Å². The zero-order valence-corrected chi connectivity index (χ0v) is 13.4. The topological polar surface area (TPSA) is 87.7 Å². The summed E-state index contributed by atoms with van der Waals surface area (Å²) in [4.78, 5) is 24.5. The first kappa shape index (κ1) is 18.0. The van der Waals surface area contributed by atoms with E-state index in [2.05, 4.69) is 10.6 Å². The van der Waals surface area contributed by atoms with Gasteiger partial charge in [-0.2, -0.15) is 0 Å². The molecule has 0 fully saturated rings. The average Bonchev–Trinajstić information content (AvgIpc) is 2.49. The molecule has 0 heterocycles. The number of rotatable bonds is 7. The smallest absolute Gasteiger partial charge is 0.255 e. The van der Waals surface area contributed by atoms with Gasteiger partial charge in [0, 0.05) is 6.54 Å². The number of para-hydroxylation sites is 1. The quantitative estimate of drug-likeness (QED) is 0.700. The molecule has 1 aromatic carbocycles. The molecule has 0 radical (unpaired) electrons. The normalized spacial score (nSPS) is 13.4. The highest BCUT2D eigenvalue weighted by molar-refractivity contribution is 5.99. The lowest BCUT2D eigenvalue weighted by atomic mass is 10.0.